The highest BCUT2D eigenvalue weighted by Gasteiger charge is 2.44. The highest BCUT2D eigenvalue weighted by Crippen LogP contribution is 2.38. The molecule has 0 saturated carbocycles. The smallest absolute Gasteiger partial charge is 0.262 e. The molecule has 3 aliphatic rings. The highest BCUT2D eigenvalue weighted by molar-refractivity contribution is 6.23. The quantitative estimate of drug-likeness (QED) is 0.224. The number of carbonyl (C=O) groups is 4. The van der Waals surface area contributed by atoms with Gasteiger partial charge in [-0.2, -0.15) is 0 Å². The first-order valence-electron chi connectivity index (χ1n) is 18.3. The van der Waals surface area contributed by atoms with Gasteiger partial charge in [-0.15, -0.1) is 0 Å². The van der Waals surface area contributed by atoms with Crippen LogP contribution in [0, 0.1) is 0 Å². The maximum atomic E-state index is 13.3. The van der Waals surface area contributed by atoms with Gasteiger partial charge in [0.25, 0.3) is 17.4 Å². The van der Waals surface area contributed by atoms with Gasteiger partial charge in [0.1, 0.15) is 35.2 Å². The molecule has 15 heteroatoms. The van der Waals surface area contributed by atoms with Gasteiger partial charge in [-0.25, -0.2) is 4.98 Å². The number of imide groups is 2. The number of methoxy groups -OCH3 is 2. The number of piperidine rings is 1. The summed E-state index contributed by atoms with van der Waals surface area (Å²) in [6.07, 6.45) is 3.42. The molecule has 2 saturated heterocycles. The molecule has 2 fully saturated rings. The number of hydrogen-bond donors (Lipinski definition) is 1. The Morgan fingerprint density at radius 1 is 0.873 bits per heavy atom. The molecule has 7 rings (SSSR count). The Morgan fingerprint density at radius 2 is 1.55 bits per heavy atom. The van der Waals surface area contributed by atoms with Gasteiger partial charge in [-0.05, 0) is 55.3 Å². The van der Waals surface area contributed by atoms with Crippen LogP contribution in [-0.4, -0.2) is 121 Å². The van der Waals surface area contributed by atoms with E-state index in [9.17, 15) is 24.0 Å². The summed E-state index contributed by atoms with van der Waals surface area (Å²) >= 11 is 0. The van der Waals surface area contributed by atoms with E-state index in [1.807, 2.05) is 50.3 Å². The fraction of sp³-hybridized carbons (Fsp3) is 0.400. The number of anilines is 1. The molecule has 288 valence electrons. The molecule has 55 heavy (non-hydrogen) atoms. The van der Waals surface area contributed by atoms with E-state index in [4.69, 9.17) is 14.2 Å². The fourth-order valence-corrected chi connectivity index (χ4v) is 7.63. The van der Waals surface area contributed by atoms with Crippen LogP contribution in [-0.2, 0) is 23.2 Å². The summed E-state index contributed by atoms with van der Waals surface area (Å²) in [7, 11) is 8.86. The van der Waals surface area contributed by atoms with Crippen molar-refractivity contribution in [1.82, 2.24) is 29.6 Å². The third kappa shape index (κ3) is 7.24. The molecule has 1 unspecified atom stereocenters. The van der Waals surface area contributed by atoms with Crippen molar-refractivity contribution in [3.05, 3.63) is 75.8 Å². The largest absolute Gasteiger partial charge is 0.496 e. The van der Waals surface area contributed by atoms with Crippen LogP contribution in [0.1, 0.15) is 46.0 Å². The van der Waals surface area contributed by atoms with Crippen molar-refractivity contribution in [3.63, 3.8) is 0 Å². The Balaban J connectivity index is 0.995. The molecule has 2 atom stereocenters. The zero-order valence-electron chi connectivity index (χ0n) is 31.9. The van der Waals surface area contributed by atoms with E-state index < -0.39 is 29.7 Å². The average Bonchev–Trinajstić information content (AvgIpc) is 3.41. The van der Waals surface area contributed by atoms with Crippen LogP contribution in [0.15, 0.2) is 53.6 Å². The molecule has 1 N–H and O–H groups in total. The van der Waals surface area contributed by atoms with Gasteiger partial charge in [0.2, 0.25) is 11.8 Å². The number of pyridine rings is 2. The van der Waals surface area contributed by atoms with Crippen LogP contribution in [0.25, 0.3) is 21.9 Å². The Kier molecular flexibility index (Phi) is 10.3. The second-order valence-electron chi connectivity index (χ2n) is 14.5. The van der Waals surface area contributed by atoms with Gasteiger partial charge in [0, 0.05) is 90.2 Å². The molecule has 2 aromatic heterocycles. The van der Waals surface area contributed by atoms with E-state index >= 15 is 0 Å². The van der Waals surface area contributed by atoms with Crippen molar-refractivity contribution in [1.29, 1.82) is 0 Å². The SMILES string of the molecule is COc1cc(-c2cn(C)c(=O)c3cnc(N(C)C)cc23)cc(OC)c1CN1CCN(C[C@@H](C)Oc2ccc3c(c2)C(=O)N(C2CCC(=O)NC2=O)C3=O)CC1. The zero-order chi connectivity index (χ0) is 39.1. The maximum absolute atomic E-state index is 13.3. The second-order valence-corrected chi connectivity index (χ2v) is 14.5. The van der Waals surface area contributed by atoms with Gasteiger partial charge in [0.15, 0.2) is 0 Å². The van der Waals surface area contributed by atoms with Crippen molar-refractivity contribution in [2.75, 3.05) is 65.9 Å². The number of aryl methyl sites for hydroxylation is 1. The minimum atomic E-state index is -1.02. The summed E-state index contributed by atoms with van der Waals surface area (Å²) < 4.78 is 19.7. The molecular weight excluding hydrogens is 706 g/mol. The van der Waals surface area contributed by atoms with E-state index in [0.717, 1.165) is 59.0 Å². The molecule has 0 bridgehead atoms. The molecule has 4 aromatic rings. The van der Waals surface area contributed by atoms with Crippen LogP contribution in [0.2, 0.25) is 0 Å². The number of piperazine rings is 1. The van der Waals surface area contributed by atoms with Gasteiger partial charge in [-0.1, -0.05) is 0 Å². The predicted molar refractivity (Wildman–Crippen MR) is 205 cm³/mol. The molecular formula is C40H45N7O8. The van der Waals surface area contributed by atoms with E-state index in [1.165, 1.54) is 0 Å². The minimum absolute atomic E-state index is 0.0630. The minimum Gasteiger partial charge on any atom is -0.496 e. The Hall–Kier alpha value is -5.80. The van der Waals surface area contributed by atoms with Crippen LogP contribution in [0.5, 0.6) is 17.2 Å². The number of benzene rings is 2. The van der Waals surface area contributed by atoms with Gasteiger partial charge in [0.05, 0.1) is 36.3 Å². The van der Waals surface area contributed by atoms with Crippen LogP contribution in [0.4, 0.5) is 5.82 Å². The number of rotatable bonds is 11. The monoisotopic (exact) mass is 751 g/mol. The highest BCUT2D eigenvalue weighted by atomic mass is 16.5. The first-order chi connectivity index (χ1) is 26.4. The van der Waals surface area contributed by atoms with Crippen molar-refractivity contribution in [2.45, 2.75) is 38.5 Å². The third-order valence-electron chi connectivity index (χ3n) is 10.5. The van der Waals surface area contributed by atoms with Gasteiger partial charge < -0.3 is 23.7 Å². The molecule has 15 nitrogen and oxygen atoms in total. The Bertz CT molecular complexity index is 2240. The average molecular weight is 752 g/mol. The maximum Gasteiger partial charge on any atom is 0.262 e. The lowest BCUT2D eigenvalue weighted by Gasteiger charge is -2.36. The summed E-state index contributed by atoms with van der Waals surface area (Å²) in [6, 6.07) is 9.68. The molecule has 0 radical (unpaired) electrons. The van der Waals surface area contributed by atoms with E-state index in [-0.39, 0.29) is 35.6 Å². The Labute approximate surface area is 318 Å². The number of nitrogens with zero attached hydrogens (tertiary/aromatic N) is 6. The molecule has 4 amide bonds. The molecule has 0 spiro atoms. The van der Waals surface area contributed by atoms with Gasteiger partial charge >= 0.3 is 0 Å². The number of amides is 4. The molecule has 0 aliphatic carbocycles. The standard InChI is InChI=1S/C40H45N7O8/c1-23(55-25-7-8-26-28(17-25)40(52)47(39(26)51)32-9-10-36(48)42-37(32)49)20-45-11-13-46(14-12-45)22-31-33(53-5)15-24(16-34(31)54-6)30-21-44(4)38(50)29-19-41-35(43(2)3)18-27(29)30/h7-8,15-19,21,23,32H,9-14,20,22H2,1-6H3,(H,42,48,49)/t23-,32?/m1/s1. The van der Waals surface area contributed by atoms with Crippen LogP contribution < -0.4 is 30.0 Å². The summed E-state index contributed by atoms with van der Waals surface area (Å²) in [5.74, 6) is 0.414. The number of nitrogens with one attached hydrogen (secondary N) is 1. The summed E-state index contributed by atoms with van der Waals surface area (Å²) in [6.45, 7) is 6.45. The van der Waals surface area contributed by atoms with Crippen LogP contribution >= 0.6 is 0 Å². The number of ether oxygens (including phenoxy) is 3. The van der Waals surface area contributed by atoms with Gasteiger partial charge in [-0.3, -0.25) is 44.0 Å². The summed E-state index contributed by atoms with van der Waals surface area (Å²) in [5, 5.41) is 3.54. The van der Waals surface area contributed by atoms with E-state index in [1.54, 1.807) is 50.2 Å². The number of carbonyl (C=O) groups excluding carboxylic acids is 4. The van der Waals surface area contributed by atoms with Crippen LogP contribution in [0.3, 0.4) is 0 Å². The zero-order valence-corrected chi connectivity index (χ0v) is 31.9. The van der Waals surface area contributed by atoms with E-state index in [2.05, 4.69) is 20.1 Å². The lowest BCUT2D eigenvalue weighted by Crippen LogP contribution is -2.54. The number of aromatic nitrogens is 2. The first-order valence-corrected chi connectivity index (χ1v) is 18.3. The summed E-state index contributed by atoms with van der Waals surface area (Å²) in [5.41, 5.74) is 2.94. The lowest BCUT2D eigenvalue weighted by atomic mass is 9.98. The van der Waals surface area contributed by atoms with Crippen molar-refractivity contribution in [2.24, 2.45) is 7.05 Å². The normalized spacial score (nSPS) is 18.4. The van der Waals surface area contributed by atoms with E-state index in [0.29, 0.717) is 35.7 Å². The summed E-state index contributed by atoms with van der Waals surface area (Å²) in [4.78, 5) is 75.4. The molecule has 5 heterocycles. The number of hydrogen-bond acceptors (Lipinski definition) is 12. The second kappa shape index (κ2) is 15.1. The Morgan fingerprint density at radius 3 is 2.20 bits per heavy atom. The van der Waals surface area contributed by atoms with Crippen molar-refractivity contribution >= 4 is 40.2 Å². The lowest BCUT2D eigenvalue weighted by molar-refractivity contribution is -0.136. The fourth-order valence-electron chi connectivity index (χ4n) is 7.63. The predicted octanol–water partition coefficient (Wildman–Crippen LogP) is 2.67. The topological polar surface area (TPSA) is 156 Å². The van der Waals surface area contributed by atoms with Crippen molar-refractivity contribution in [3.8, 4) is 28.4 Å². The third-order valence-corrected chi connectivity index (χ3v) is 10.5. The molecule has 3 aliphatic heterocycles. The van der Waals surface area contributed by atoms with Crippen molar-refractivity contribution < 1.29 is 33.4 Å². The number of fused-ring (bicyclic) bond motifs is 2. The first kappa shape index (κ1) is 37.5. The molecule has 2 aromatic carbocycles.